The van der Waals surface area contributed by atoms with Crippen molar-refractivity contribution in [1.29, 1.82) is 0 Å². The van der Waals surface area contributed by atoms with E-state index in [-0.39, 0.29) is 12.2 Å². The minimum atomic E-state index is -0.0416. The Labute approximate surface area is 161 Å². The first kappa shape index (κ1) is 18.4. The van der Waals surface area contributed by atoms with E-state index in [0.29, 0.717) is 25.7 Å². The Kier molecular flexibility index (Phi) is 5.99. The maximum Gasteiger partial charge on any atom is 0.191 e. The maximum absolute atomic E-state index is 6.00. The third-order valence-electron chi connectivity index (χ3n) is 5.32. The van der Waals surface area contributed by atoms with Crippen LogP contribution in [-0.2, 0) is 4.74 Å². The number of para-hydroxylation sites is 2. The second-order valence-electron chi connectivity index (χ2n) is 7.34. The van der Waals surface area contributed by atoms with E-state index in [1.165, 1.54) is 19.4 Å². The van der Waals surface area contributed by atoms with Crippen LogP contribution in [0.5, 0.6) is 11.5 Å². The smallest absolute Gasteiger partial charge is 0.191 e. The first-order valence-electron chi connectivity index (χ1n) is 10.1. The van der Waals surface area contributed by atoms with E-state index in [0.717, 1.165) is 37.2 Å². The fourth-order valence-electron chi connectivity index (χ4n) is 3.91. The molecule has 0 saturated carbocycles. The third kappa shape index (κ3) is 4.65. The molecule has 3 unspecified atom stereocenters. The Morgan fingerprint density at radius 3 is 2.96 bits per heavy atom. The number of benzene rings is 1. The van der Waals surface area contributed by atoms with E-state index in [4.69, 9.17) is 19.2 Å². The summed E-state index contributed by atoms with van der Waals surface area (Å²) in [5, 5.41) is 6.67. The van der Waals surface area contributed by atoms with Crippen molar-refractivity contribution in [3.63, 3.8) is 0 Å². The molecule has 0 aromatic heterocycles. The zero-order valence-corrected chi connectivity index (χ0v) is 16.0. The van der Waals surface area contributed by atoms with Crippen LogP contribution in [0.2, 0.25) is 0 Å². The Bertz CT molecular complexity index is 654. The van der Waals surface area contributed by atoms with Gasteiger partial charge in [-0.15, -0.1) is 0 Å². The fraction of sp³-hybridized carbons (Fsp3) is 0.650. The Balaban J connectivity index is 1.27. The van der Waals surface area contributed by atoms with Crippen molar-refractivity contribution in [3.8, 4) is 11.5 Å². The second kappa shape index (κ2) is 8.80. The Hall–Kier alpha value is -1.99. The predicted molar refractivity (Wildman–Crippen MR) is 105 cm³/mol. The second-order valence-corrected chi connectivity index (χ2v) is 7.34. The molecule has 0 spiro atoms. The number of ether oxygens (including phenoxy) is 3. The zero-order chi connectivity index (χ0) is 18.5. The molecular weight excluding hydrogens is 344 g/mol. The highest BCUT2D eigenvalue weighted by Gasteiger charge is 2.32. The number of hydrogen-bond acceptors (Lipinski definition) is 5. The van der Waals surface area contributed by atoms with Crippen molar-refractivity contribution in [2.24, 2.45) is 4.99 Å². The maximum atomic E-state index is 6.00. The lowest BCUT2D eigenvalue weighted by Gasteiger charge is -2.34. The normalized spacial score (nSPS) is 27.9. The SMILES string of the molecule is CCNC(=NCC1CN2CCCC2CO1)NCC1COc2ccccc2O1. The van der Waals surface area contributed by atoms with Gasteiger partial charge in [0.15, 0.2) is 17.5 Å². The minimum Gasteiger partial charge on any atom is -0.486 e. The Morgan fingerprint density at radius 2 is 2.07 bits per heavy atom. The van der Waals surface area contributed by atoms with Crippen molar-refractivity contribution >= 4 is 5.96 Å². The number of guanidine groups is 1. The molecule has 27 heavy (non-hydrogen) atoms. The summed E-state index contributed by atoms with van der Waals surface area (Å²) in [5.74, 6) is 2.41. The minimum absolute atomic E-state index is 0.0416. The standard InChI is InChI=1S/C20H30N4O3/c1-2-21-20(22-10-16-12-24-9-5-6-15(24)13-25-16)23-11-17-14-26-18-7-3-4-8-19(18)27-17/h3-4,7-8,15-17H,2,5-6,9-14H2,1H3,(H2,21,22,23). The van der Waals surface area contributed by atoms with Crippen molar-refractivity contribution in [2.75, 3.05) is 45.9 Å². The van der Waals surface area contributed by atoms with Gasteiger partial charge in [-0.3, -0.25) is 9.89 Å². The van der Waals surface area contributed by atoms with Gasteiger partial charge >= 0.3 is 0 Å². The van der Waals surface area contributed by atoms with Crippen LogP contribution in [0.3, 0.4) is 0 Å². The van der Waals surface area contributed by atoms with E-state index < -0.39 is 0 Å². The summed E-state index contributed by atoms with van der Waals surface area (Å²) in [6.45, 7) is 7.76. The van der Waals surface area contributed by atoms with Crippen molar-refractivity contribution < 1.29 is 14.2 Å². The van der Waals surface area contributed by atoms with Gasteiger partial charge in [0, 0.05) is 19.1 Å². The van der Waals surface area contributed by atoms with Gasteiger partial charge in [0.2, 0.25) is 0 Å². The lowest BCUT2D eigenvalue weighted by Crippen LogP contribution is -2.48. The van der Waals surface area contributed by atoms with E-state index in [1.807, 2.05) is 24.3 Å². The molecule has 1 aromatic carbocycles. The summed E-state index contributed by atoms with van der Waals surface area (Å²) in [6.07, 6.45) is 2.70. The molecule has 7 heteroatoms. The van der Waals surface area contributed by atoms with Crippen molar-refractivity contribution in [1.82, 2.24) is 15.5 Å². The van der Waals surface area contributed by atoms with Gasteiger partial charge in [-0.1, -0.05) is 12.1 Å². The summed E-state index contributed by atoms with van der Waals surface area (Å²) in [7, 11) is 0. The van der Waals surface area contributed by atoms with E-state index in [2.05, 4.69) is 22.5 Å². The number of fused-ring (bicyclic) bond motifs is 2. The first-order valence-corrected chi connectivity index (χ1v) is 10.1. The predicted octanol–water partition coefficient (Wildman–Crippen LogP) is 1.24. The largest absolute Gasteiger partial charge is 0.486 e. The summed E-state index contributed by atoms with van der Waals surface area (Å²) in [6, 6.07) is 8.40. The summed E-state index contributed by atoms with van der Waals surface area (Å²) in [5.41, 5.74) is 0. The molecular formula is C20H30N4O3. The molecule has 0 aliphatic carbocycles. The molecule has 2 fully saturated rings. The van der Waals surface area contributed by atoms with Crippen LogP contribution in [0.4, 0.5) is 0 Å². The van der Waals surface area contributed by atoms with Crippen LogP contribution >= 0.6 is 0 Å². The van der Waals surface area contributed by atoms with Crippen LogP contribution < -0.4 is 20.1 Å². The molecule has 3 atom stereocenters. The summed E-state index contributed by atoms with van der Waals surface area (Å²) >= 11 is 0. The van der Waals surface area contributed by atoms with Gasteiger partial charge in [0.1, 0.15) is 12.7 Å². The molecule has 148 valence electrons. The highest BCUT2D eigenvalue weighted by Crippen LogP contribution is 2.30. The number of aliphatic imine (C=N–C) groups is 1. The summed E-state index contributed by atoms with van der Waals surface area (Å²) in [4.78, 5) is 7.28. The van der Waals surface area contributed by atoms with Crippen molar-refractivity contribution in [3.05, 3.63) is 24.3 Å². The molecule has 4 rings (SSSR count). The molecule has 0 amide bonds. The van der Waals surface area contributed by atoms with Gasteiger partial charge in [0.05, 0.1) is 25.8 Å². The zero-order valence-electron chi connectivity index (χ0n) is 16.0. The van der Waals surface area contributed by atoms with Gasteiger partial charge in [-0.05, 0) is 38.4 Å². The molecule has 7 nitrogen and oxygen atoms in total. The summed E-state index contributed by atoms with van der Waals surface area (Å²) < 4.78 is 17.8. The number of nitrogens with zero attached hydrogens (tertiary/aromatic N) is 2. The molecule has 2 saturated heterocycles. The number of morpholine rings is 1. The van der Waals surface area contributed by atoms with Gasteiger partial charge in [0.25, 0.3) is 0 Å². The quantitative estimate of drug-likeness (QED) is 0.597. The average Bonchev–Trinajstić information content (AvgIpc) is 3.18. The molecule has 0 bridgehead atoms. The molecule has 2 N–H and O–H groups in total. The number of rotatable bonds is 5. The van der Waals surface area contributed by atoms with Crippen LogP contribution in [0.15, 0.2) is 29.3 Å². The highest BCUT2D eigenvalue weighted by atomic mass is 16.6. The molecule has 1 aromatic rings. The first-order chi connectivity index (χ1) is 13.3. The van der Waals surface area contributed by atoms with E-state index in [1.54, 1.807) is 0 Å². The molecule has 3 aliphatic heterocycles. The van der Waals surface area contributed by atoms with Crippen molar-refractivity contribution in [2.45, 2.75) is 38.0 Å². The van der Waals surface area contributed by atoms with Crippen LogP contribution in [0, 0.1) is 0 Å². The van der Waals surface area contributed by atoms with E-state index in [9.17, 15) is 0 Å². The lowest BCUT2D eigenvalue weighted by molar-refractivity contribution is -0.0432. The topological polar surface area (TPSA) is 67.4 Å². The molecule has 0 radical (unpaired) electrons. The van der Waals surface area contributed by atoms with Crippen LogP contribution in [-0.4, -0.2) is 75.0 Å². The van der Waals surface area contributed by atoms with Crippen LogP contribution in [0.1, 0.15) is 19.8 Å². The lowest BCUT2D eigenvalue weighted by atomic mass is 10.2. The highest BCUT2D eigenvalue weighted by molar-refractivity contribution is 5.79. The van der Waals surface area contributed by atoms with E-state index >= 15 is 0 Å². The number of hydrogen-bond donors (Lipinski definition) is 2. The third-order valence-corrected chi connectivity index (χ3v) is 5.32. The van der Waals surface area contributed by atoms with Crippen LogP contribution in [0.25, 0.3) is 0 Å². The Morgan fingerprint density at radius 1 is 1.19 bits per heavy atom. The number of nitrogens with one attached hydrogen (secondary N) is 2. The monoisotopic (exact) mass is 374 g/mol. The van der Waals surface area contributed by atoms with Gasteiger partial charge in [-0.2, -0.15) is 0 Å². The molecule has 3 heterocycles. The fourth-order valence-corrected chi connectivity index (χ4v) is 3.91. The van der Waals surface area contributed by atoms with Gasteiger partial charge in [-0.25, -0.2) is 0 Å². The molecule has 3 aliphatic rings. The average molecular weight is 374 g/mol. The van der Waals surface area contributed by atoms with Gasteiger partial charge < -0.3 is 24.8 Å².